The smallest absolute Gasteiger partial charge is 0.335 e. The largest absolute Gasteiger partial charge is 0.472 e. The Hall–Kier alpha value is -3.30. The van der Waals surface area contributed by atoms with E-state index < -0.39 is 105 Å². The lowest BCUT2D eigenvalue weighted by atomic mass is 9.35. The molecule has 254 valence electrons. The van der Waals surface area contributed by atoms with Crippen LogP contribution in [0, 0.1) is 28.1 Å². The second-order valence-electron chi connectivity index (χ2n) is 15.0. The van der Waals surface area contributed by atoms with Crippen molar-refractivity contribution in [3.8, 4) is 0 Å². The van der Waals surface area contributed by atoms with E-state index in [1.165, 1.54) is 32.4 Å². The van der Waals surface area contributed by atoms with E-state index >= 15 is 0 Å². The van der Waals surface area contributed by atoms with Gasteiger partial charge in [-0.15, -0.1) is 0 Å². The molecule has 6 fully saturated rings. The Morgan fingerprint density at radius 3 is 2.38 bits per heavy atom. The highest BCUT2D eigenvalue weighted by molar-refractivity contribution is 5.86. The third-order valence-electron chi connectivity index (χ3n) is 13.0. The molecule has 47 heavy (non-hydrogen) atoms. The van der Waals surface area contributed by atoms with Crippen molar-refractivity contribution in [2.24, 2.45) is 28.1 Å². The summed E-state index contributed by atoms with van der Waals surface area (Å²) in [5.74, 6) is -6.81. The topological polar surface area (TPSA) is 186 Å². The summed E-state index contributed by atoms with van der Waals surface area (Å²) >= 11 is 0. The van der Waals surface area contributed by atoms with Crippen molar-refractivity contribution in [1.82, 2.24) is 0 Å². The highest BCUT2D eigenvalue weighted by Gasteiger charge is 2.99. The summed E-state index contributed by atoms with van der Waals surface area (Å²) in [4.78, 5) is 52.3. The van der Waals surface area contributed by atoms with Crippen molar-refractivity contribution in [2.45, 2.75) is 108 Å². The van der Waals surface area contributed by atoms with Gasteiger partial charge in [-0.05, 0) is 25.0 Å². The van der Waals surface area contributed by atoms with E-state index in [-0.39, 0.29) is 12.8 Å². The molecule has 7 aliphatic rings. The number of hydrogen-bond acceptors (Lipinski definition) is 14. The number of aliphatic hydroxyl groups is 2. The summed E-state index contributed by atoms with van der Waals surface area (Å²) in [6.07, 6.45) is -1.98. The van der Waals surface area contributed by atoms with Crippen molar-refractivity contribution >= 4 is 23.9 Å². The SMILES string of the molecule is COC(=O)[C@@H](O)[C@@H]1[C@@]2(C)C[C@@]3(O)[C@H]([C@H]4O[C@]5(C)O[C@]6(C[C@@H](OC(C)=O)[C@@]7(C)C(=CC(=O)O[C@@H]7c7ccoc7)[C@]46O5)[C@@]13C)[C@@H]2OC(C)=O. The summed E-state index contributed by atoms with van der Waals surface area (Å²) in [5.41, 5.74) is -8.45. The highest BCUT2D eigenvalue weighted by Crippen LogP contribution is 2.87. The number of carbonyl (C=O) groups is 4. The van der Waals surface area contributed by atoms with Crippen molar-refractivity contribution in [1.29, 1.82) is 0 Å². The van der Waals surface area contributed by atoms with Crippen molar-refractivity contribution in [2.75, 3.05) is 7.11 Å². The van der Waals surface area contributed by atoms with Gasteiger partial charge < -0.3 is 47.8 Å². The number of furan rings is 1. The third kappa shape index (κ3) is 3.11. The fourth-order valence-electron chi connectivity index (χ4n) is 11.8. The first-order valence-corrected chi connectivity index (χ1v) is 15.8. The maximum atomic E-state index is 13.6. The van der Waals surface area contributed by atoms with Crippen molar-refractivity contribution < 1.29 is 67.0 Å². The van der Waals surface area contributed by atoms with Crippen LogP contribution in [0.15, 0.2) is 34.7 Å². The predicted octanol–water partition coefficient (Wildman–Crippen LogP) is 1.62. The van der Waals surface area contributed by atoms with E-state index in [0.29, 0.717) is 11.1 Å². The Morgan fingerprint density at radius 2 is 1.77 bits per heavy atom. The van der Waals surface area contributed by atoms with Gasteiger partial charge in [-0.1, -0.05) is 13.8 Å². The van der Waals surface area contributed by atoms with Gasteiger partial charge in [0.25, 0.3) is 5.97 Å². The van der Waals surface area contributed by atoms with Gasteiger partial charge in [-0.2, -0.15) is 0 Å². The van der Waals surface area contributed by atoms with E-state index in [0.717, 1.165) is 7.11 Å². The van der Waals surface area contributed by atoms with Crippen LogP contribution in [-0.2, 0) is 52.3 Å². The van der Waals surface area contributed by atoms with Gasteiger partial charge in [0, 0.05) is 55.6 Å². The van der Waals surface area contributed by atoms with Gasteiger partial charge >= 0.3 is 23.9 Å². The molecule has 0 radical (unpaired) electrons. The van der Waals surface area contributed by atoms with Gasteiger partial charge in [0.2, 0.25) is 0 Å². The van der Waals surface area contributed by atoms with Crippen molar-refractivity contribution in [3.05, 3.63) is 35.8 Å². The molecule has 4 heterocycles. The minimum absolute atomic E-state index is 0.0101. The summed E-state index contributed by atoms with van der Waals surface area (Å²) in [5, 5.41) is 25.0. The van der Waals surface area contributed by atoms with E-state index in [1.807, 2.05) is 0 Å². The Balaban J connectivity index is 1.46. The number of aliphatic hydroxyl groups excluding tert-OH is 1. The minimum Gasteiger partial charge on any atom is -0.472 e. The lowest BCUT2D eigenvalue weighted by Crippen LogP contribution is -2.88. The maximum Gasteiger partial charge on any atom is 0.335 e. The zero-order chi connectivity index (χ0) is 33.9. The molecule has 4 aliphatic carbocycles. The first kappa shape index (κ1) is 31.0. The van der Waals surface area contributed by atoms with Crippen LogP contribution in [0.2, 0.25) is 0 Å². The molecule has 14 nitrogen and oxygen atoms in total. The Morgan fingerprint density at radius 1 is 1.06 bits per heavy atom. The van der Waals surface area contributed by atoms with E-state index in [2.05, 4.69) is 0 Å². The highest BCUT2D eigenvalue weighted by atomic mass is 16.9. The molecule has 0 unspecified atom stereocenters. The van der Waals surface area contributed by atoms with E-state index in [1.54, 1.807) is 33.8 Å². The summed E-state index contributed by atoms with van der Waals surface area (Å²) < 4.78 is 48.8. The Labute approximate surface area is 269 Å². The number of hydrogen-bond donors (Lipinski definition) is 2. The normalized spacial score (nSPS) is 51.8. The quantitative estimate of drug-likeness (QED) is 0.343. The first-order chi connectivity index (χ1) is 21.9. The first-order valence-electron chi connectivity index (χ1n) is 15.8. The number of carbonyl (C=O) groups excluding carboxylic acids is 4. The third-order valence-corrected chi connectivity index (χ3v) is 13.0. The number of cyclic esters (lactones) is 1. The number of esters is 4. The van der Waals surface area contributed by atoms with E-state index in [9.17, 15) is 29.4 Å². The second-order valence-corrected chi connectivity index (χ2v) is 15.0. The second kappa shape index (κ2) is 8.83. The molecule has 8 rings (SSSR count). The van der Waals surface area contributed by atoms with E-state index in [4.69, 9.17) is 37.6 Å². The lowest BCUT2D eigenvalue weighted by Gasteiger charge is -2.74. The van der Waals surface area contributed by atoms with Crippen LogP contribution in [0.3, 0.4) is 0 Å². The standard InChI is InChI=1S/C33H38O14/c1-14(34)42-18-11-32-29(5)22(21(37)26(38)40-7)27(3)13-31(29,39)20(24(27)43-15(2)35)25-33(32,47-30(6,45-25)46-32)17-10-19(36)44-23(28(17,18)4)16-8-9-41-12-16/h8-10,12,18,20-25,37,39H,11,13H2,1-7H3/t18-,20+,21+,22-,23-,24+,25-,27-,28-,29+,30-,31-,32-,33+/m1/s1. The van der Waals surface area contributed by atoms with Crippen molar-refractivity contribution in [3.63, 3.8) is 0 Å². The van der Waals surface area contributed by atoms with Gasteiger partial charge in [0.15, 0.2) is 11.7 Å². The molecular formula is C33H38O14. The molecule has 1 spiro atoms. The average molecular weight is 659 g/mol. The molecule has 1 aromatic heterocycles. The summed E-state index contributed by atoms with van der Waals surface area (Å²) in [7, 11) is 1.14. The minimum atomic E-state index is -1.81. The number of fused-ring (bicyclic) bond motifs is 4. The molecule has 2 N–H and O–H groups in total. The molecule has 14 heteroatoms. The number of rotatable bonds is 5. The molecule has 0 amide bonds. The van der Waals surface area contributed by atoms with Crippen LogP contribution < -0.4 is 0 Å². The predicted molar refractivity (Wildman–Crippen MR) is 151 cm³/mol. The lowest BCUT2D eigenvalue weighted by molar-refractivity contribution is -0.419. The molecule has 0 aromatic carbocycles. The summed E-state index contributed by atoms with van der Waals surface area (Å²) in [6, 6.07) is 1.65. The van der Waals surface area contributed by atoms with Crippen LogP contribution in [0.5, 0.6) is 0 Å². The van der Waals surface area contributed by atoms with Crippen LogP contribution in [0.4, 0.5) is 0 Å². The molecule has 4 bridgehead atoms. The molecule has 14 atom stereocenters. The van der Waals surface area contributed by atoms with Gasteiger partial charge in [-0.25, -0.2) is 9.59 Å². The van der Waals surface area contributed by atoms with Gasteiger partial charge in [0.05, 0.1) is 36.6 Å². The molecule has 4 saturated carbocycles. The van der Waals surface area contributed by atoms with Crippen LogP contribution in [0.1, 0.15) is 66.1 Å². The summed E-state index contributed by atoms with van der Waals surface area (Å²) in [6.45, 7) is 9.35. The Kier molecular flexibility index (Phi) is 5.82. The molecule has 2 saturated heterocycles. The molecule has 1 aromatic rings. The Bertz CT molecular complexity index is 1650. The van der Waals surface area contributed by atoms with Gasteiger partial charge in [-0.3, -0.25) is 9.59 Å². The van der Waals surface area contributed by atoms with Gasteiger partial charge in [0.1, 0.15) is 30.0 Å². The number of ether oxygens (including phenoxy) is 7. The average Bonchev–Trinajstić information content (AvgIpc) is 3.74. The monoisotopic (exact) mass is 658 g/mol. The zero-order valence-corrected chi connectivity index (χ0v) is 27.1. The van der Waals surface area contributed by atoms with Crippen LogP contribution in [-0.4, -0.2) is 88.4 Å². The number of methoxy groups -OCH3 is 1. The molecular weight excluding hydrogens is 620 g/mol. The van der Waals surface area contributed by atoms with Crippen LogP contribution >= 0.6 is 0 Å². The molecule has 3 aliphatic heterocycles. The fraction of sp³-hybridized carbons (Fsp3) is 0.697. The zero-order valence-electron chi connectivity index (χ0n) is 27.1. The maximum absolute atomic E-state index is 13.6. The fourth-order valence-corrected chi connectivity index (χ4v) is 11.8. The van der Waals surface area contributed by atoms with Crippen LogP contribution in [0.25, 0.3) is 0 Å².